The number of nitro benzene ring substituents is 1. The van der Waals surface area contributed by atoms with Gasteiger partial charge in [-0.05, 0) is 37.5 Å². The second-order valence-electron chi connectivity index (χ2n) is 10.1. The van der Waals surface area contributed by atoms with Crippen molar-refractivity contribution in [2.45, 2.75) is 52.2 Å². The summed E-state index contributed by atoms with van der Waals surface area (Å²) < 4.78 is 26.5. The van der Waals surface area contributed by atoms with Crippen LogP contribution in [0.5, 0.6) is 0 Å². The van der Waals surface area contributed by atoms with Crippen LogP contribution in [0.3, 0.4) is 0 Å². The number of anilines is 1. The Morgan fingerprint density at radius 2 is 1.63 bits per heavy atom. The first-order valence-corrected chi connectivity index (χ1v) is 15.1. The second kappa shape index (κ2) is 13.9. The Hall–Kier alpha value is -4.25. The summed E-state index contributed by atoms with van der Waals surface area (Å²) in [6.45, 7) is 5.14. The van der Waals surface area contributed by atoms with Crippen molar-refractivity contribution in [3.8, 4) is 0 Å². The zero-order valence-electron chi connectivity index (χ0n) is 23.7. The maximum Gasteiger partial charge on any atom is 0.271 e. The van der Waals surface area contributed by atoms with Crippen molar-refractivity contribution in [3.05, 3.63) is 106 Å². The Labute approximate surface area is 241 Å². The molecule has 2 amide bonds. The van der Waals surface area contributed by atoms with Crippen LogP contribution in [0, 0.1) is 17.0 Å². The fraction of sp³-hybridized carbons (Fsp3) is 0.333. The lowest BCUT2D eigenvalue weighted by Gasteiger charge is -2.34. The molecule has 0 saturated heterocycles. The molecule has 0 aliphatic carbocycles. The third kappa shape index (κ3) is 8.87. The lowest BCUT2D eigenvalue weighted by molar-refractivity contribution is -0.384. The fourth-order valence-electron chi connectivity index (χ4n) is 4.38. The molecule has 0 radical (unpaired) electrons. The molecule has 0 unspecified atom stereocenters. The van der Waals surface area contributed by atoms with E-state index < -0.39 is 33.4 Å². The number of benzene rings is 3. The summed E-state index contributed by atoms with van der Waals surface area (Å²) in [4.78, 5) is 39.9. The average Bonchev–Trinajstić information content (AvgIpc) is 2.93. The van der Waals surface area contributed by atoms with Crippen LogP contribution >= 0.6 is 0 Å². The van der Waals surface area contributed by atoms with Crippen molar-refractivity contribution in [2.24, 2.45) is 0 Å². The van der Waals surface area contributed by atoms with Gasteiger partial charge in [-0.15, -0.1) is 0 Å². The SMILES string of the molecule is CC[C@@H](C)NC(=O)[C@@H](Cc1ccccc1)N(Cc1cccc(C)c1)C(=O)CN(c1cccc([N+](=O)[O-])c1)S(C)(=O)=O. The molecule has 0 heterocycles. The van der Waals surface area contributed by atoms with Gasteiger partial charge in [0, 0.05) is 31.1 Å². The van der Waals surface area contributed by atoms with E-state index in [1.54, 1.807) is 0 Å². The van der Waals surface area contributed by atoms with E-state index >= 15 is 0 Å². The predicted octanol–water partition coefficient (Wildman–Crippen LogP) is 4.22. The molecule has 0 spiro atoms. The minimum atomic E-state index is -4.03. The molecule has 3 aromatic carbocycles. The summed E-state index contributed by atoms with van der Waals surface area (Å²) in [5.41, 5.74) is 2.24. The van der Waals surface area contributed by atoms with Gasteiger partial charge in [-0.1, -0.05) is 73.2 Å². The zero-order chi connectivity index (χ0) is 30.2. The normalized spacial score (nSPS) is 12.7. The molecule has 10 nitrogen and oxygen atoms in total. The number of rotatable bonds is 13. The van der Waals surface area contributed by atoms with Gasteiger partial charge in [0.1, 0.15) is 12.6 Å². The summed E-state index contributed by atoms with van der Waals surface area (Å²) >= 11 is 0. The number of nitrogens with zero attached hydrogens (tertiary/aromatic N) is 3. The molecule has 0 aliphatic heterocycles. The number of nitro groups is 1. The number of hydrogen-bond donors (Lipinski definition) is 1. The Morgan fingerprint density at radius 3 is 2.24 bits per heavy atom. The number of hydrogen-bond acceptors (Lipinski definition) is 6. The zero-order valence-corrected chi connectivity index (χ0v) is 24.5. The number of sulfonamides is 1. The van der Waals surface area contributed by atoms with Gasteiger partial charge in [0.25, 0.3) is 5.69 Å². The van der Waals surface area contributed by atoms with Crippen molar-refractivity contribution < 1.29 is 22.9 Å². The molecular weight excluding hydrogens is 544 g/mol. The van der Waals surface area contributed by atoms with Crippen molar-refractivity contribution in [1.82, 2.24) is 10.2 Å². The number of carbonyl (C=O) groups excluding carboxylic acids is 2. The molecule has 0 fully saturated rings. The van der Waals surface area contributed by atoms with Crippen LogP contribution in [0.2, 0.25) is 0 Å². The summed E-state index contributed by atoms with van der Waals surface area (Å²) in [7, 11) is -4.03. The van der Waals surface area contributed by atoms with Crippen LogP contribution in [0.1, 0.15) is 37.0 Å². The monoisotopic (exact) mass is 580 g/mol. The molecular formula is C30H36N4O6S. The Morgan fingerprint density at radius 1 is 0.976 bits per heavy atom. The topological polar surface area (TPSA) is 130 Å². The maximum atomic E-state index is 14.1. The van der Waals surface area contributed by atoms with Gasteiger partial charge >= 0.3 is 0 Å². The Kier molecular flexibility index (Phi) is 10.6. The molecule has 218 valence electrons. The molecule has 0 saturated carbocycles. The summed E-state index contributed by atoms with van der Waals surface area (Å²) in [6, 6.07) is 20.8. The number of aryl methyl sites for hydroxylation is 1. The van der Waals surface area contributed by atoms with Gasteiger partial charge in [0.15, 0.2) is 0 Å². The molecule has 11 heteroatoms. The molecule has 2 atom stereocenters. The van der Waals surface area contributed by atoms with E-state index in [0.29, 0.717) is 6.42 Å². The van der Waals surface area contributed by atoms with Crippen molar-refractivity contribution in [3.63, 3.8) is 0 Å². The number of non-ortho nitro benzene ring substituents is 1. The van der Waals surface area contributed by atoms with Crippen LogP contribution < -0.4 is 9.62 Å². The quantitative estimate of drug-likeness (QED) is 0.238. The highest BCUT2D eigenvalue weighted by atomic mass is 32.2. The van der Waals surface area contributed by atoms with Crippen LogP contribution in [0.25, 0.3) is 0 Å². The third-order valence-electron chi connectivity index (χ3n) is 6.72. The van der Waals surface area contributed by atoms with E-state index in [1.165, 1.54) is 23.1 Å². The largest absolute Gasteiger partial charge is 0.352 e. The number of carbonyl (C=O) groups is 2. The van der Waals surface area contributed by atoms with E-state index in [9.17, 15) is 28.1 Å². The molecule has 3 aromatic rings. The molecule has 0 aromatic heterocycles. The van der Waals surface area contributed by atoms with Gasteiger partial charge in [0.05, 0.1) is 16.9 Å². The fourth-order valence-corrected chi connectivity index (χ4v) is 5.22. The second-order valence-corrected chi connectivity index (χ2v) is 12.0. The number of amides is 2. The molecule has 0 aliphatic rings. The molecule has 41 heavy (non-hydrogen) atoms. The lowest BCUT2D eigenvalue weighted by Crippen LogP contribution is -2.54. The summed E-state index contributed by atoms with van der Waals surface area (Å²) in [6.07, 6.45) is 1.82. The van der Waals surface area contributed by atoms with E-state index in [2.05, 4.69) is 5.32 Å². The lowest BCUT2D eigenvalue weighted by atomic mass is 10.0. The number of nitrogens with one attached hydrogen (secondary N) is 1. The van der Waals surface area contributed by atoms with Crippen molar-refractivity contribution >= 4 is 33.2 Å². The van der Waals surface area contributed by atoms with Gasteiger partial charge in [0.2, 0.25) is 21.8 Å². The van der Waals surface area contributed by atoms with Crippen LogP contribution in [0.4, 0.5) is 11.4 Å². The molecule has 0 bridgehead atoms. The standard InChI is InChI=1S/C30H36N4O6S/c1-5-23(3)31-30(36)28(18-24-12-7-6-8-13-24)32(20-25-14-9-11-22(2)17-25)29(35)21-33(41(4,39)40)26-15-10-16-27(19-26)34(37)38/h6-17,19,23,28H,5,18,20-21H2,1-4H3,(H,31,36)/t23-,28-/m1/s1. The highest BCUT2D eigenvalue weighted by Crippen LogP contribution is 2.24. The van der Waals surface area contributed by atoms with Crippen molar-refractivity contribution in [1.29, 1.82) is 0 Å². The smallest absolute Gasteiger partial charge is 0.271 e. The van der Waals surface area contributed by atoms with Gasteiger partial charge in [-0.2, -0.15) is 0 Å². The maximum absolute atomic E-state index is 14.1. The van der Waals surface area contributed by atoms with Gasteiger partial charge in [-0.3, -0.25) is 24.0 Å². The minimum absolute atomic E-state index is 0.0192. The van der Waals surface area contributed by atoms with E-state index in [-0.39, 0.29) is 36.3 Å². The highest BCUT2D eigenvalue weighted by Gasteiger charge is 2.33. The van der Waals surface area contributed by atoms with Gasteiger partial charge in [-0.25, -0.2) is 8.42 Å². The summed E-state index contributed by atoms with van der Waals surface area (Å²) in [5.74, 6) is -0.978. The summed E-state index contributed by atoms with van der Waals surface area (Å²) in [5, 5.41) is 14.3. The van der Waals surface area contributed by atoms with Crippen LogP contribution in [-0.4, -0.2) is 54.9 Å². The first-order chi connectivity index (χ1) is 19.4. The molecule has 3 rings (SSSR count). The highest BCUT2D eigenvalue weighted by molar-refractivity contribution is 7.92. The van der Waals surface area contributed by atoms with Crippen LogP contribution in [0.15, 0.2) is 78.9 Å². The minimum Gasteiger partial charge on any atom is -0.352 e. The third-order valence-corrected chi connectivity index (χ3v) is 7.86. The Balaban J connectivity index is 2.08. The van der Waals surface area contributed by atoms with Crippen molar-refractivity contribution in [2.75, 3.05) is 17.1 Å². The van der Waals surface area contributed by atoms with E-state index in [4.69, 9.17) is 0 Å². The van der Waals surface area contributed by atoms with E-state index in [0.717, 1.165) is 33.3 Å². The molecule has 1 N–H and O–H groups in total. The van der Waals surface area contributed by atoms with E-state index in [1.807, 2.05) is 75.4 Å². The van der Waals surface area contributed by atoms with Gasteiger partial charge < -0.3 is 10.2 Å². The first-order valence-electron chi connectivity index (χ1n) is 13.3. The van der Waals surface area contributed by atoms with Crippen LogP contribution in [-0.2, 0) is 32.6 Å². The average molecular weight is 581 g/mol. The predicted molar refractivity (Wildman–Crippen MR) is 159 cm³/mol. The first kappa shape index (κ1) is 31.3. The Bertz CT molecular complexity index is 1480.